The monoisotopic (exact) mass is 382 g/mol. The molecule has 0 spiro atoms. The number of amides is 1. The zero-order valence-corrected chi connectivity index (χ0v) is 15.4. The Morgan fingerprint density at radius 2 is 2.33 bits per heavy atom. The quantitative estimate of drug-likeness (QED) is 0.662. The molecule has 0 unspecified atom stereocenters. The Hall–Kier alpha value is -3.00. The van der Waals surface area contributed by atoms with E-state index in [9.17, 15) is 9.59 Å². The van der Waals surface area contributed by atoms with Gasteiger partial charge in [-0.25, -0.2) is 9.97 Å². The fourth-order valence-electron chi connectivity index (χ4n) is 3.28. The summed E-state index contributed by atoms with van der Waals surface area (Å²) in [6, 6.07) is 3.53. The van der Waals surface area contributed by atoms with Crippen LogP contribution in [0.2, 0.25) is 0 Å². The Kier molecular flexibility index (Phi) is 4.72. The van der Waals surface area contributed by atoms with Crippen molar-refractivity contribution in [3.05, 3.63) is 58.1 Å². The Balaban J connectivity index is 1.66. The lowest BCUT2D eigenvalue weighted by molar-refractivity contribution is -0.118. The van der Waals surface area contributed by atoms with Crippen molar-refractivity contribution < 1.29 is 9.53 Å². The van der Waals surface area contributed by atoms with Crippen molar-refractivity contribution in [1.29, 1.82) is 0 Å². The highest BCUT2D eigenvalue weighted by atomic mass is 32.1. The van der Waals surface area contributed by atoms with Crippen LogP contribution in [0.3, 0.4) is 0 Å². The average Bonchev–Trinajstić information content (AvgIpc) is 3.33. The average molecular weight is 382 g/mol. The van der Waals surface area contributed by atoms with Crippen LogP contribution in [0.1, 0.15) is 17.8 Å². The zero-order valence-electron chi connectivity index (χ0n) is 14.6. The highest BCUT2D eigenvalue weighted by molar-refractivity contribution is 7.13. The van der Waals surface area contributed by atoms with Gasteiger partial charge in [0.1, 0.15) is 11.6 Å². The highest BCUT2D eigenvalue weighted by Gasteiger charge is 2.20. The van der Waals surface area contributed by atoms with E-state index in [1.54, 1.807) is 34.4 Å². The molecule has 0 aliphatic carbocycles. The summed E-state index contributed by atoms with van der Waals surface area (Å²) in [5.74, 6) is 1.01. The van der Waals surface area contributed by atoms with Crippen LogP contribution >= 0.6 is 11.3 Å². The molecule has 1 aliphatic heterocycles. The van der Waals surface area contributed by atoms with Gasteiger partial charge in [0.05, 0.1) is 10.9 Å². The summed E-state index contributed by atoms with van der Waals surface area (Å²) in [6.45, 7) is 4.29. The topological polar surface area (TPSA) is 86.1 Å². The molecular weight excluding hydrogens is 364 g/mol. The molecule has 0 atom stereocenters. The second kappa shape index (κ2) is 7.32. The zero-order chi connectivity index (χ0) is 18.8. The predicted octanol–water partition coefficient (Wildman–Crippen LogP) is 2.55. The normalized spacial score (nSPS) is 12.7. The summed E-state index contributed by atoms with van der Waals surface area (Å²) >= 11 is 1.34. The number of hydrogen-bond acceptors (Lipinski definition) is 6. The number of nitrogens with zero attached hydrogens (tertiary/aromatic N) is 3. The number of rotatable bonds is 6. The molecule has 0 fully saturated rings. The molecule has 2 aromatic heterocycles. The summed E-state index contributed by atoms with van der Waals surface area (Å²) < 4.78 is 7.45. The number of allylic oxidation sites excluding steroid dienone is 1. The first-order chi connectivity index (χ1) is 13.2. The number of anilines is 1. The Morgan fingerprint density at radius 1 is 1.44 bits per heavy atom. The van der Waals surface area contributed by atoms with Crippen LogP contribution in [0, 0.1) is 0 Å². The van der Waals surface area contributed by atoms with Crippen LogP contribution in [0.5, 0.6) is 5.75 Å². The summed E-state index contributed by atoms with van der Waals surface area (Å²) in [7, 11) is 0. The van der Waals surface area contributed by atoms with Gasteiger partial charge in [0, 0.05) is 30.1 Å². The van der Waals surface area contributed by atoms with E-state index < -0.39 is 0 Å². The second-order valence-corrected chi connectivity index (χ2v) is 7.09. The van der Waals surface area contributed by atoms with Crippen molar-refractivity contribution in [2.75, 3.05) is 11.9 Å². The number of ether oxygens (including phenoxy) is 1. The highest BCUT2D eigenvalue weighted by Crippen LogP contribution is 2.27. The van der Waals surface area contributed by atoms with E-state index >= 15 is 0 Å². The molecule has 0 saturated heterocycles. The lowest BCUT2D eigenvalue weighted by atomic mass is 10.0. The molecule has 1 aliphatic rings. The molecule has 0 radical (unpaired) electrons. The molecule has 1 amide bonds. The molecule has 138 valence electrons. The fraction of sp³-hybridized carbons (Fsp3) is 0.263. The lowest BCUT2D eigenvalue weighted by Gasteiger charge is -2.14. The van der Waals surface area contributed by atoms with Crippen LogP contribution in [-0.2, 0) is 24.2 Å². The molecule has 4 rings (SSSR count). The number of carbonyl (C=O) groups excluding carboxylic acids is 1. The van der Waals surface area contributed by atoms with Crippen LogP contribution in [0.15, 0.2) is 41.2 Å². The lowest BCUT2D eigenvalue weighted by Crippen LogP contribution is -2.23. The van der Waals surface area contributed by atoms with Gasteiger partial charge in [0.25, 0.3) is 11.5 Å². The van der Waals surface area contributed by atoms with Crippen LogP contribution < -0.4 is 15.6 Å². The van der Waals surface area contributed by atoms with E-state index in [-0.39, 0.29) is 18.1 Å². The van der Waals surface area contributed by atoms with Crippen molar-refractivity contribution in [1.82, 2.24) is 14.5 Å². The molecular formula is C19H18N4O3S. The van der Waals surface area contributed by atoms with Gasteiger partial charge in [-0.3, -0.25) is 19.5 Å². The first-order valence-electron chi connectivity index (χ1n) is 8.65. The molecule has 1 aromatic carbocycles. The van der Waals surface area contributed by atoms with Gasteiger partial charge in [-0.05, 0) is 25.0 Å². The molecule has 8 heteroatoms. The number of benzene rings is 1. The maximum absolute atomic E-state index is 13.0. The number of hydrogen-bond donors (Lipinski definition) is 1. The second-order valence-electron chi connectivity index (χ2n) is 6.19. The van der Waals surface area contributed by atoms with Crippen molar-refractivity contribution in [3.63, 3.8) is 0 Å². The number of carbonyl (C=O) groups is 1. The van der Waals surface area contributed by atoms with Crippen molar-refractivity contribution >= 4 is 33.3 Å². The molecule has 0 bridgehead atoms. The maximum Gasteiger partial charge on any atom is 0.264 e. The van der Waals surface area contributed by atoms with Crippen LogP contribution in [0.25, 0.3) is 10.9 Å². The summed E-state index contributed by atoms with van der Waals surface area (Å²) in [5, 5.41) is 5.51. The fourth-order valence-corrected chi connectivity index (χ4v) is 3.83. The number of fused-ring (bicyclic) bond motifs is 2. The third kappa shape index (κ3) is 3.35. The van der Waals surface area contributed by atoms with Gasteiger partial charge < -0.3 is 4.74 Å². The van der Waals surface area contributed by atoms with E-state index in [0.29, 0.717) is 40.3 Å². The van der Waals surface area contributed by atoms with E-state index in [0.717, 1.165) is 18.7 Å². The number of thiazole rings is 1. The number of aromatic nitrogens is 3. The van der Waals surface area contributed by atoms with Crippen LogP contribution in [-0.4, -0.2) is 27.0 Å². The van der Waals surface area contributed by atoms with Crippen molar-refractivity contribution in [3.8, 4) is 5.75 Å². The molecule has 1 N–H and O–H groups in total. The summed E-state index contributed by atoms with van der Waals surface area (Å²) in [4.78, 5) is 33.7. The van der Waals surface area contributed by atoms with Crippen LogP contribution in [0.4, 0.5) is 5.13 Å². The van der Waals surface area contributed by atoms with E-state index in [1.165, 1.54) is 11.3 Å². The van der Waals surface area contributed by atoms with Gasteiger partial charge in [-0.2, -0.15) is 0 Å². The first-order valence-corrected chi connectivity index (χ1v) is 9.53. The Morgan fingerprint density at radius 3 is 3.11 bits per heavy atom. The predicted molar refractivity (Wildman–Crippen MR) is 104 cm³/mol. The Bertz CT molecular complexity index is 1070. The standard InChI is InChI=1S/C19H18N4O3S/c1-2-4-12-14(26-11-16(24)22-19-20-8-10-27-19)7-6-13-17(12)18(25)23-9-3-5-15(23)21-13/h2,6-8,10H,1,3-5,9,11H2,(H,20,22,24). The van der Waals surface area contributed by atoms with Gasteiger partial charge in [-0.1, -0.05) is 6.08 Å². The molecule has 7 nitrogen and oxygen atoms in total. The first kappa shape index (κ1) is 17.4. The maximum atomic E-state index is 13.0. The van der Waals surface area contributed by atoms with Crippen molar-refractivity contribution in [2.45, 2.75) is 25.8 Å². The Labute approximate surface area is 159 Å². The molecule has 27 heavy (non-hydrogen) atoms. The van der Waals surface area contributed by atoms with E-state index in [2.05, 4.69) is 21.9 Å². The smallest absolute Gasteiger partial charge is 0.264 e. The molecule has 3 heterocycles. The third-order valence-corrected chi connectivity index (χ3v) is 5.12. The van der Waals surface area contributed by atoms with Crippen molar-refractivity contribution in [2.24, 2.45) is 0 Å². The number of aryl methyl sites for hydroxylation is 1. The minimum atomic E-state index is -0.307. The summed E-state index contributed by atoms with van der Waals surface area (Å²) in [6.07, 6.45) is 5.53. The molecule has 3 aromatic rings. The minimum Gasteiger partial charge on any atom is -0.483 e. The SMILES string of the molecule is C=CCc1c(OCC(=O)Nc2nccs2)ccc2nc3n(c(=O)c12)CCC3. The molecule has 0 saturated carbocycles. The minimum absolute atomic E-state index is 0.0537. The van der Waals surface area contributed by atoms with Gasteiger partial charge >= 0.3 is 0 Å². The van der Waals surface area contributed by atoms with Gasteiger partial charge in [0.2, 0.25) is 0 Å². The van der Waals surface area contributed by atoms with Gasteiger partial charge in [-0.15, -0.1) is 17.9 Å². The third-order valence-electron chi connectivity index (χ3n) is 4.44. The largest absolute Gasteiger partial charge is 0.483 e. The van der Waals surface area contributed by atoms with E-state index in [4.69, 9.17) is 4.74 Å². The summed E-state index contributed by atoms with van der Waals surface area (Å²) in [5.41, 5.74) is 1.32. The van der Waals surface area contributed by atoms with Gasteiger partial charge in [0.15, 0.2) is 11.7 Å². The number of nitrogens with one attached hydrogen (secondary N) is 1. The van der Waals surface area contributed by atoms with E-state index in [1.807, 2.05) is 0 Å².